The van der Waals surface area contributed by atoms with Gasteiger partial charge in [-0.15, -0.1) is 0 Å². The van der Waals surface area contributed by atoms with Crippen molar-refractivity contribution < 1.29 is 14.6 Å². The van der Waals surface area contributed by atoms with Crippen LogP contribution < -0.4 is 0 Å². The fourth-order valence-electron chi connectivity index (χ4n) is 5.34. The second kappa shape index (κ2) is 7.34. The third-order valence-corrected chi connectivity index (χ3v) is 6.88. The van der Waals surface area contributed by atoms with Crippen LogP contribution in [0.15, 0.2) is 24.3 Å². The second-order valence-corrected chi connectivity index (χ2v) is 9.82. The Hall–Kier alpha value is -1.59. The summed E-state index contributed by atoms with van der Waals surface area (Å²) in [5.74, 6) is 0. The first-order valence-corrected chi connectivity index (χ1v) is 10.8. The first-order chi connectivity index (χ1) is 13.3. The second-order valence-electron chi connectivity index (χ2n) is 9.82. The number of hydrogen-bond acceptors (Lipinski definition) is 4. The summed E-state index contributed by atoms with van der Waals surface area (Å²) in [5.41, 5.74) is 2.90. The average molecular weight is 387 g/mol. The maximum Gasteiger partial charge on any atom is 0.410 e. The molecule has 0 radical (unpaired) electrons. The Balaban J connectivity index is 1.40. The van der Waals surface area contributed by atoms with Crippen molar-refractivity contribution in [3.05, 3.63) is 35.4 Å². The summed E-state index contributed by atoms with van der Waals surface area (Å²) in [5, 5.41) is 10.6. The molecule has 3 aliphatic rings. The molecule has 1 aliphatic carbocycles. The molecule has 1 aromatic carbocycles. The van der Waals surface area contributed by atoms with Crippen LogP contribution in [-0.4, -0.2) is 64.9 Å². The first-order valence-electron chi connectivity index (χ1n) is 10.8. The van der Waals surface area contributed by atoms with E-state index in [0.29, 0.717) is 24.9 Å². The highest BCUT2D eigenvalue weighted by Gasteiger charge is 2.44. The molecule has 0 bridgehead atoms. The van der Waals surface area contributed by atoms with Gasteiger partial charge in [0.1, 0.15) is 5.60 Å². The topological polar surface area (TPSA) is 53.0 Å². The van der Waals surface area contributed by atoms with Crippen molar-refractivity contribution in [2.75, 3.05) is 26.2 Å². The number of benzene rings is 1. The summed E-state index contributed by atoms with van der Waals surface area (Å²) in [4.78, 5) is 16.7. The highest BCUT2D eigenvalue weighted by atomic mass is 16.6. The average Bonchev–Trinajstić information content (AvgIpc) is 3.00. The Labute approximate surface area is 168 Å². The number of aliphatic hydroxyl groups excluding tert-OH is 1. The Morgan fingerprint density at radius 2 is 1.86 bits per heavy atom. The molecular weight excluding hydrogens is 352 g/mol. The zero-order valence-corrected chi connectivity index (χ0v) is 17.5. The molecule has 154 valence electrons. The Morgan fingerprint density at radius 3 is 2.57 bits per heavy atom. The highest BCUT2D eigenvalue weighted by molar-refractivity contribution is 5.68. The van der Waals surface area contributed by atoms with Crippen molar-refractivity contribution in [2.24, 2.45) is 0 Å². The number of amides is 1. The number of piperidine rings is 2. The van der Waals surface area contributed by atoms with E-state index in [2.05, 4.69) is 29.2 Å². The van der Waals surface area contributed by atoms with Crippen LogP contribution in [0.25, 0.3) is 0 Å². The summed E-state index contributed by atoms with van der Waals surface area (Å²) in [6, 6.07) is 8.92. The van der Waals surface area contributed by atoms with E-state index in [-0.39, 0.29) is 18.2 Å². The lowest BCUT2D eigenvalue weighted by Gasteiger charge is -2.47. The predicted octanol–water partition coefficient (Wildman–Crippen LogP) is 3.34. The van der Waals surface area contributed by atoms with Gasteiger partial charge in [-0.25, -0.2) is 4.79 Å². The maximum absolute atomic E-state index is 12.5. The lowest BCUT2D eigenvalue weighted by atomic mass is 9.73. The van der Waals surface area contributed by atoms with Crippen LogP contribution in [0.3, 0.4) is 0 Å². The summed E-state index contributed by atoms with van der Waals surface area (Å²) >= 11 is 0. The summed E-state index contributed by atoms with van der Waals surface area (Å²) in [6.07, 6.45) is 4.70. The molecule has 2 atom stereocenters. The van der Waals surface area contributed by atoms with Crippen LogP contribution in [-0.2, 0) is 16.6 Å². The molecule has 2 aliphatic heterocycles. The standard InChI is InChI=1S/C23H34N2O3/c1-22(2,3)28-21(27)25-13-9-20(26)19(16-25)24-14-11-23(12-15-24)10-8-17-6-4-5-7-18(17)23/h4-7,19-20,26H,8-16H2,1-3H3. The predicted molar refractivity (Wildman–Crippen MR) is 109 cm³/mol. The van der Waals surface area contributed by atoms with Gasteiger partial charge in [-0.1, -0.05) is 24.3 Å². The smallest absolute Gasteiger partial charge is 0.410 e. The van der Waals surface area contributed by atoms with Crippen molar-refractivity contribution >= 4 is 6.09 Å². The number of aliphatic hydroxyl groups is 1. The van der Waals surface area contributed by atoms with E-state index in [1.165, 1.54) is 18.4 Å². The fourth-order valence-corrected chi connectivity index (χ4v) is 5.34. The summed E-state index contributed by atoms with van der Waals surface area (Å²) in [7, 11) is 0. The molecular formula is C23H34N2O3. The molecule has 1 spiro atoms. The Kier molecular flexibility index (Phi) is 5.17. The van der Waals surface area contributed by atoms with Gasteiger partial charge in [-0.05, 0) is 82.5 Å². The minimum absolute atomic E-state index is 0.00950. The van der Waals surface area contributed by atoms with E-state index in [4.69, 9.17) is 4.74 Å². The quantitative estimate of drug-likeness (QED) is 0.804. The van der Waals surface area contributed by atoms with Crippen molar-refractivity contribution in [2.45, 2.75) is 76.0 Å². The first kappa shape index (κ1) is 19.7. The molecule has 1 aromatic rings. The number of carbonyl (C=O) groups excluding carboxylic acids is 1. The summed E-state index contributed by atoms with van der Waals surface area (Å²) in [6.45, 7) is 8.77. The Morgan fingerprint density at radius 1 is 1.14 bits per heavy atom. The van der Waals surface area contributed by atoms with Crippen molar-refractivity contribution in [3.63, 3.8) is 0 Å². The van der Waals surface area contributed by atoms with Crippen LogP contribution in [0.1, 0.15) is 57.6 Å². The van der Waals surface area contributed by atoms with E-state index < -0.39 is 5.60 Å². The molecule has 0 aromatic heterocycles. The zero-order chi connectivity index (χ0) is 19.9. The number of hydrogen-bond donors (Lipinski definition) is 1. The van der Waals surface area contributed by atoms with Gasteiger partial charge in [-0.3, -0.25) is 4.90 Å². The lowest BCUT2D eigenvalue weighted by molar-refractivity contribution is -0.0369. The summed E-state index contributed by atoms with van der Waals surface area (Å²) < 4.78 is 5.55. The van der Waals surface area contributed by atoms with Crippen LogP contribution in [0.2, 0.25) is 0 Å². The van der Waals surface area contributed by atoms with Crippen LogP contribution in [0.5, 0.6) is 0 Å². The zero-order valence-electron chi connectivity index (χ0n) is 17.5. The van der Waals surface area contributed by atoms with Gasteiger partial charge in [0, 0.05) is 13.1 Å². The number of nitrogens with zero attached hydrogens (tertiary/aromatic N) is 2. The molecule has 4 rings (SSSR count). The number of fused-ring (bicyclic) bond motifs is 2. The molecule has 1 amide bonds. The molecule has 1 N–H and O–H groups in total. The number of likely N-dealkylation sites (tertiary alicyclic amines) is 2. The van der Waals surface area contributed by atoms with Crippen molar-refractivity contribution in [1.82, 2.24) is 9.80 Å². The van der Waals surface area contributed by atoms with E-state index in [1.807, 2.05) is 20.8 Å². The van der Waals surface area contributed by atoms with Gasteiger partial charge < -0.3 is 14.7 Å². The fraction of sp³-hybridized carbons (Fsp3) is 0.696. The molecule has 5 heteroatoms. The minimum atomic E-state index is -0.490. The third kappa shape index (κ3) is 3.79. The highest BCUT2D eigenvalue weighted by Crippen LogP contribution is 2.46. The molecule has 5 nitrogen and oxygen atoms in total. The van der Waals surface area contributed by atoms with Crippen molar-refractivity contribution in [1.29, 1.82) is 0 Å². The lowest BCUT2D eigenvalue weighted by Crippen LogP contribution is -2.59. The maximum atomic E-state index is 12.5. The van der Waals surface area contributed by atoms with Crippen molar-refractivity contribution in [3.8, 4) is 0 Å². The number of ether oxygens (including phenoxy) is 1. The SMILES string of the molecule is CC(C)(C)OC(=O)N1CCC(O)C(N2CCC3(CCc4ccccc43)CC2)C1. The molecule has 28 heavy (non-hydrogen) atoms. The normalized spacial score (nSPS) is 27.6. The van der Waals surface area contributed by atoms with E-state index in [1.54, 1.807) is 10.5 Å². The van der Waals surface area contributed by atoms with E-state index in [0.717, 1.165) is 25.9 Å². The third-order valence-electron chi connectivity index (χ3n) is 6.88. The Bertz CT molecular complexity index is 719. The van der Waals surface area contributed by atoms with Gasteiger partial charge in [0.2, 0.25) is 0 Å². The van der Waals surface area contributed by atoms with Gasteiger partial charge >= 0.3 is 6.09 Å². The molecule has 0 saturated carbocycles. The largest absolute Gasteiger partial charge is 0.444 e. The van der Waals surface area contributed by atoms with Gasteiger partial charge in [0.15, 0.2) is 0 Å². The molecule has 2 saturated heterocycles. The van der Waals surface area contributed by atoms with Gasteiger partial charge in [-0.2, -0.15) is 0 Å². The van der Waals surface area contributed by atoms with Crippen LogP contribution >= 0.6 is 0 Å². The number of carbonyl (C=O) groups is 1. The van der Waals surface area contributed by atoms with Crippen LogP contribution in [0.4, 0.5) is 4.79 Å². The number of rotatable bonds is 1. The van der Waals surface area contributed by atoms with E-state index in [9.17, 15) is 9.90 Å². The van der Waals surface area contributed by atoms with Crippen LogP contribution in [0, 0.1) is 0 Å². The number of aryl methyl sites for hydroxylation is 1. The molecule has 2 unspecified atom stereocenters. The monoisotopic (exact) mass is 386 g/mol. The van der Waals surface area contributed by atoms with Gasteiger partial charge in [0.25, 0.3) is 0 Å². The van der Waals surface area contributed by atoms with E-state index >= 15 is 0 Å². The molecule has 2 heterocycles. The minimum Gasteiger partial charge on any atom is -0.444 e. The van der Waals surface area contributed by atoms with Gasteiger partial charge in [0.05, 0.1) is 12.1 Å². The molecule has 2 fully saturated rings.